The summed E-state index contributed by atoms with van der Waals surface area (Å²) >= 11 is 0. The molecule has 1 saturated carbocycles. The maximum atomic E-state index is 14.2. The third kappa shape index (κ3) is 6.75. The molecule has 0 aromatic heterocycles. The molecular weight excluding hydrogens is 600 g/mol. The van der Waals surface area contributed by atoms with E-state index >= 15 is 0 Å². The molecule has 11 nitrogen and oxygen atoms in total. The van der Waals surface area contributed by atoms with Gasteiger partial charge in [0.15, 0.2) is 0 Å². The number of fused-ring (bicyclic) bond motifs is 5. The molecule has 11 heteroatoms. The number of carboxylic acid groups (broad SMARTS) is 1. The zero-order valence-corrected chi connectivity index (χ0v) is 27.0. The summed E-state index contributed by atoms with van der Waals surface area (Å²) in [5.41, 5.74) is 2.41. The first-order chi connectivity index (χ1) is 22.5. The first kappa shape index (κ1) is 32.3. The fraction of sp³-hybridized carbons (Fsp3) is 0.472. The fourth-order valence-corrected chi connectivity index (χ4v) is 6.81. The minimum Gasteiger partial charge on any atom is -0.479 e. The van der Waals surface area contributed by atoms with Crippen molar-refractivity contribution in [1.29, 1.82) is 0 Å². The molecule has 2 aromatic rings. The van der Waals surface area contributed by atoms with Gasteiger partial charge in [0, 0.05) is 23.5 Å². The first-order valence-electron chi connectivity index (χ1n) is 16.4. The molecule has 2 heterocycles. The van der Waals surface area contributed by atoms with Crippen LogP contribution in [-0.2, 0) is 24.0 Å². The third-order valence-electron chi connectivity index (χ3n) is 9.26. The number of nitrogens with zero attached hydrogens (tertiary/aromatic N) is 2. The van der Waals surface area contributed by atoms with Crippen molar-refractivity contribution in [3.8, 4) is 11.1 Å². The average Bonchev–Trinajstić information content (AvgIpc) is 3.40. The van der Waals surface area contributed by atoms with Crippen LogP contribution >= 0.6 is 0 Å². The van der Waals surface area contributed by atoms with Crippen molar-refractivity contribution in [3.63, 3.8) is 0 Å². The Morgan fingerprint density at radius 1 is 1.00 bits per heavy atom. The summed E-state index contributed by atoms with van der Waals surface area (Å²) in [5.74, 6) is -2.46. The summed E-state index contributed by atoms with van der Waals surface area (Å²) < 4.78 is 5.46. The molecular formula is C36H42N4O7. The lowest BCUT2D eigenvalue weighted by Crippen LogP contribution is -2.56. The number of oxime groups is 1. The van der Waals surface area contributed by atoms with Crippen LogP contribution in [0.15, 0.2) is 65.8 Å². The largest absolute Gasteiger partial charge is 0.479 e. The van der Waals surface area contributed by atoms with Gasteiger partial charge in [-0.05, 0) is 57.6 Å². The molecule has 0 bridgehead atoms. The second-order valence-corrected chi connectivity index (χ2v) is 13.8. The molecule has 2 aliphatic carbocycles. The number of carbonyl (C=O) groups excluding carboxylic acids is 3. The number of allylic oxidation sites excluding steroid dienone is 1. The fourth-order valence-electron chi connectivity index (χ4n) is 6.81. The van der Waals surface area contributed by atoms with Gasteiger partial charge in [0.25, 0.3) is 0 Å². The molecule has 0 spiro atoms. The van der Waals surface area contributed by atoms with Gasteiger partial charge in [0.05, 0.1) is 6.54 Å². The van der Waals surface area contributed by atoms with E-state index in [9.17, 15) is 24.3 Å². The van der Waals surface area contributed by atoms with Gasteiger partial charge in [0.2, 0.25) is 11.8 Å². The molecule has 47 heavy (non-hydrogen) atoms. The second-order valence-electron chi connectivity index (χ2n) is 13.8. The number of hydrogen-bond donors (Lipinski definition) is 3. The summed E-state index contributed by atoms with van der Waals surface area (Å²) in [6.45, 7) is 5.26. The van der Waals surface area contributed by atoms with Crippen molar-refractivity contribution in [2.75, 3.05) is 6.54 Å². The molecule has 0 unspecified atom stereocenters. The molecule has 3 amide bonds. The van der Waals surface area contributed by atoms with Gasteiger partial charge in [-0.3, -0.25) is 9.59 Å². The highest BCUT2D eigenvalue weighted by atomic mass is 16.6. The Labute approximate surface area is 274 Å². The zero-order chi connectivity index (χ0) is 33.3. The van der Waals surface area contributed by atoms with Crippen LogP contribution < -0.4 is 10.6 Å². The molecule has 4 aliphatic rings. The number of amides is 3. The smallest absolute Gasteiger partial charge is 0.408 e. The second kappa shape index (κ2) is 12.8. The van der Waals surface area contributed by atoms with E-state index < -0.39 is 53.2 Å². The first-order valence-corrected chi connectivity index (χ1v) is 16.4. The van der Waals surface area contributed by atoms with Crippen LogP contribution in [0.3, 0.4) is 0 Å². The monoisotopic (exact) mass is 642 g/mol. The quantitative estimate of drug-likeness (QED) is 0.274. The number of aliphatic carboxylic acids is 1. The maximum absolute atomic E-state index is 14.2. The lowest BCUT2D eigenvalue weighted by atomic mass is 10.0. The van der Waals surface area contributed by atoms with Crippen molar-refractivity contribution in [3.05, 3.63) is 71.8 Å². The highest BCUT2D eigenvalue weighted by molar-refractivity contribution is 6.24. The van der Waals surface area contributed by atoms with Gasteiger partial charge in [-0.2, -0.15) is 0 Å². The van der Waals surface area contributed by atoms with Gasteiger partial charge in [0.1, 0.15) is 35.0 Å². The molecule has 2 fully saturated rings. The van der Waals surface area contributed by atoms with Gasteiger partial charge < -0.3 is 30.2 Å². The van der Waals surface area contributed by atoms with Crippen molar-refractivity contribution in [2.45, 2.75) is 95.0 Å². The Hall–Kier alpha value is -4.67. The van der Waals surface area contributed by atoms with Crippen molar-refractivity contribution < 1.29 is 33.9 Å². The van der Waals surface area contributed by atoms with Crippen LogP contribution in [0.1, 0.15) is 76.8 Å². The number of carboxylic acids is 1. The predicted molar refractivity (Wildman–Crippen MR) is 175 cm³/mol. The number of rotatable bonds is 4. The van der Waals surface area contributed by atoms with E-state index in [0.717, 1.165) is 41.5 Å². The topological polar surface area (TPSA) is 147 Å². The molecule has 3 N–H and O–H groups in total. The van der Waals surface area contributed by atoms with Crippen molar-refractivity contribution >= 4 is 29.6 Å². The summed E-state index contributed by atoms with van der Waals surface area (Å²) in [5, 5.41) is 20.2. The zero-order valence-electron chi connectivity index (χ0n) is 27.0. The van der Waals surface area contributed by atoms with Gasteiger partial charge in [-0.15, -0.1) is 0 Å². The van der Waals surface area contributed by atoms with E-state index in [1.165, 1.54) is 4.90 Å². The van der Waals surface area contributed by atoms with Crippen LogP contribution in [0.5, 0.6) is 0 Å². The SMILES string of the molecule is CC(C)(C)OC(=O)N[C@H]1CCCCCC=C[C@@H]2C[C@@]2(C(=O)O)NC(=O)[C@@H]2C[C@@H](ON=C3c4ccccc4-c4ccccc43)CN2C1=O. The number of carbonyl (C=O) groups is 4. The molecule has 2 aromatic carbocycles. The minimum atomic E-state index is -1.42. The lowest BCUT2D eigenvalue weighted by molar-refractivity contribution is -0.145. The Kier molecular flexibility index (Phi) is 8.82. The summed E-state index contributed by atoms with van der Waals surface area (Å²) in [6, 6.07) is 13.9. The van der Waals surface area contributed by atoms with E-state index in [0.29, 0.717) is 18.6 Å². The number of benzene rings is 2. The maximum Gasteiger partial charge on any atom is 0.408 e. The van der Waals surface area contributed by atoms with Crippen LogP contribution in [-0.4, -0.2) is 75.5 Å². The lowest BCUT2D eigenvalue weighted by Gasteiger charge is -2.30. The Morgan fingerprint density at radius 3 is 2.30 bits per heavy atom. The molecule has 248 valence electrons. The molecule has 0 radical (unpaired) electrons. The number of ether oxygens (including phenoxy) is 1. The number of hydrogen-bond acceptors (Lipinski definition) is 7. The van der Waals surface area contributed by atoms with Gasteiger partial charge >= 0.3 is 12.1 Å². The van der Waals surface area contributed by atoms with Crippen LogP contribution in [0.4, 0.5) is 4.79 Å². The summed E-state index contributed by atoms with van der Waals surface area (Å²) in [6.07, 6.45) is 6.28. The van der Waals surface area contributed by atoms with E-state index in [-0.39, 0.29) is 25.3 Å². The Morgan fingerprint density at radius 2 is 1.66 bits per heavy atom. The standard InChI is InChI=1S/C36H42N4O7/c1-35(2,3)46-34(45)37-28-18-8-6-4-5-7-13-22-20-36(22,33(43)44)38-31(41)29-19-23(21-40(29)32(28)42)47-39-30-26-16-11-9-14-24(26)25-15-10-12-17-27(25)30/h7,9-17,22-23,28-29H,4-6,8,18-21H2,1-3H3,(H,37,45)(H,38,41)(H,43,44)/t22-,23-,28+,29+,36-/m1/s1. The molecule has 5 atom stereocenters. The van der Waals surface area contributed by atoms with Crippen LogP contribution in [0.25, 0.3) is 11.1 Å². The molecule has 6 rings (SSSR count). The van der Waals surface area contributed by atoms with Gasteiger partial charge in [-0.25, -0.2) is 9.59 Å². The number of nitrogens with one attached hydrogen (secondary N) is 2. The molecule has 1 saturated heterocycles. The predicted octanol–water partition coefficient (Wildman–Crippen LogP) is 4.78. The van der Waals surface area contributed by atoms with Crippen LogP contribution in [0.2, 0.25) is 0 Å². The van der Waals surface area contributed by atoms with Crippen LogP contribution in [0, 0.1) is 5.92 Å². The number of alkyl carbamates (subject to hydrolysis) is 1. The van der Waals surface area contributed by atoms with E-state index in [1.807, 2.05) is 60.7 Å². The van der Waals surface area contributed by atoms with E-state index in [4.69, 9.17) is 9.57 Å². The van der Waals surface area contributed by atoms with Gasteiger partial charge in [-0.1, -0.05) is 78.7 Å². The van der Waals surface area contributed by atoms with Crippen molar-refractivity contribution in [2.24, 2.45) is 11.1 Å². The van der Waals surface area contributed by atoms with Crippen molar-refractivity contribution in [1.82, 2.24) is 15.5 Å². The minimum absolute atomic E-state index is 0.0346. The van der Waals surface area contributed by atoms with E-state index in [1.54, 1.807) is 20.8 Å². The normalized spacial score (nSPS) is 27.2. The summed E-state index contributed by atoms with van der Waals surface area (Å²) in [4.78, 5) is 60.8. The highest BCUT2D eigenvalue weighted by Gasteiger charge is 2.61. The highest BCUT2D eigenvalue weighted by Crippen LogP contribution is 2.45. The third-order valence-corrected chi connectivity index (χ3v) is 9.26. The average molecular weight is 643 g/mol. The molecule has 2 aliphatic heterocycles. The summed E-state index contributed by atoms with van der Waals surface area (Å²) in [7, 11) is 0. The Balaban J connectivity index is 1.29. The van der Waals surface area contributed by atoms with E-state index in [2.05, 4.69) is 15.8 Å². The Bertz CT molecular complexity index is 1580.